The molecule has 0 amide bonds. The van der Waals surface area contributed by atoms with E-state index in [0.717, 1.165) is 33.5 Å². The molecule has 3 N–H and O–H groups in total. The monoisotopic (exact) mass is 309 g/mol. The molecule has 1 aliphatic rings. The number of rotatable bonds is 4. The predicted octanol–water partition coefficient (Wildman–Crippen LogP) is 3.22. The number of benzene rings is 1. The zero-order chi connectivity index (χ0) is 12.7. The predicted molar refractivity (Wildman–Crippen MR) is 77.0 cm³/mol. The molecule has 4 nitrogen and oxygen atoms in total. The molecule has 5 heteroatoms. The van der Waals surface area contributed by atoms with E-state index in [0.29, 0.717) is 6.04 Å². The average Bonchev–Trinajstić information content (AvgIpc) is 3.09. The standard InChI is InChI=1S/C13H16BrN3O/c1-2-9(7-3-4-7)15-10-6-12-11(5-8(10)14)16-13(18)17-12/h5-7,9,15H,2-4H2,1H3,(H2,16,17,18). The Morgan fingerprint density at radius 3 is 2.67 bits per heavy atom. The fraction of sp³-hybridized carbons (Fsp3) is 0.462. The van der Waals surface area contributed by atoms with E-state index in [9.17, 15) is 4.79 Å². The minimum atomic E-state index is -0.164. The maximum absolute atomic E-state index is 11.3. The van der Waals surface area contributed by atoms with E-state index in [4.69, 9.17) is 0 Å². The first-order valence-electron chi connectivity index (χ1n) is 6.35. The minimum absolute atomic E-state index is 0.164. The number of fused-ring (bicyclic) bond motifs is 1. The molecule has 96 valence electrons. The van der Waals surface area contributed by atoms with Crippen LogP contribution in [0.5, 0.6) is 0 Å². The highest BCUT2D eigenvalue weighted by Gasteiger charge is 2.30. The Bertz CT molecular complexity index is 627. The lowest BCUT2D eigenvalue weighted by Crippen LogP contribution is -2.20. The second-order valence-electron chi connectivity index (χ2n) is 4.95. The maximum atomic E-state index is 11.3. The summed E-state index contributed by atoms with van der Waals surface area (Å²) in [4.78, 5) is 16.8. The zero-order valence-electron chi connectivity index (χ0n) is 10.2. The summed E-state index contributed by atoms with van der Waals surface area (Å²) in [5.74, 6) is 0.808. The number of aromatic amines is 2. The molecule has 18 heavy (non-hydrogen) atoms. The van der Waals surface area contributed by atoms with Crippen molar-refractivity contribution in [3.8, 4) is 0 Å². The van der Waals surface area contributed by atoms with Gasteiger partial charge in [0.1, 0.15) is 0 Å². The molecule has 1 unspecified atom stereocenters. The Morgan fingerprint density at radius 1 is 1.39 bits per heavy atom. The Balaban J connectivity index is 1.94. The highest BCUT2D eigenvalue weighted by molar-refractivity contribution is 9.10. The topological polar surface area (TPSA) is 60.7 Å². The number of H-pyrrole nitrogens is 2. The summed E-state index contributed by atoms with van der Waals surface area (Å²) < 4.78 is 0.990. The first kappa shape index (κ1) is 11.8. The first-order valence-corrected chi connectivity index (χ1v) is 7.14. The van der Waals surface area contributed by atoms with Gasteiger partial charge in [-0.2, -0.15) is 0 Å². The summed E-state index contributed by atoms with van der Waals surface area (Å²) in [5.41, 5.74) is 2.56. The third kappa shape index (κ3) is 2.19. The van der Waals surface area contributed by atoms with E-state index in [2.05, 4.69) is 38.1 Å². The Hall–Kier alpha value is -1.23. The highest BCUT2D eigenvalue weighted by Crippen LogP contribution is 2.37. The molecule has 3 rings (SSSR count). The Labute approximate surface area is 113 Å². The van der Waals surface area contributed by atoms with E-state index in [1.54, 1.807) is 0 Å². The number of imidazole rings is 1. The number of aromatic nitrogens is 2. The molecule has 1 saturated carbocycles. The molecule has 0 bridgehead atoms. The van der Waals surface area contributed by atoms with Crippen molar-refractivity contribution >= 4 is 32.7 Å². The van der Waals surface area contributed by atoms with Gasteiger partial charge in [-0.05, 0) is 53.2 Å². The number of halogens is 1. The summed E-state index contributed by atoms with van der Waals surface area (Å²) in [6.07, 6.45) is 3.78. The average molecular weight is 310 g/mol. The van der Waals surface area contributed by atoms with Gasteiger partial charge in [-0.25, -0.2) is 4.79 Å². The van der Waals surface area contributed by atoms with Crippen LogP contribution in [0.1, 0.15) is 26.2 Å². The smallest absolute Gasteiger partial charge is 0.323 e. The van der Waals surface area contributed by atoms with Gasteiger partial charge >= 0.3 is 5.69 Å². The van der Waals surface area contributed by atoms with Gasteiger partial charge in [0.05, 0.1) is 16.7 Å². The van der Waals surface area contributed by atoms with Crippen LogP contribution in [0.4, 0.5) is 5.69 Å². The van der Waals surface area contributed by atoms with E-state index >= 15 is 0 Å². The van der Waals surface area contributed by atoms with Crippen LogP contribution in [0.2, 0.25) is 0 Å². The zero-order valence-corrected chi connectivity index (χ0v) is 11.8. The molecule has 1 fully saturated rings. The molecule has 0 radical (unpaired) electrons. The normalized spacial score (nSPS) is 17.0. The lowest BCUT2D eigenvalue weighted by Gasteiger charge is -2.18. The van der Waals surface area contributed by atoms with Gasteiger partial charge in [-0.3, -0.25) is 0 Å². The van der Waals surface area contributed by atoms with Gasteiger partial charge in [0.25, 0.3) is 0 Å². The summed E-state index contributed by atoms with van der Waals surface area (Å²) in [6, 6.07) is 4.46. The number of anilines is 1. The van der Waals surface area contributed by atoms with Crippen LogP contribution in [0, 0.1) is 5.92 Å². The molecule has 1 aromatic heterocycles. The second kappa shape index (κ2) is 4.46. The van der Waals surface area contributed by atoms with E-state index in [1.807, 2.05) is 12.1 Å². The van der Waals surface area contributed by atoms with Gasteiger partial charge in [-0.1, -0.05) is 6.92 Å². The number of nitrogens with one attached hydrogen (secondary N) is 3. The summed E-state index contributed by atoms with van der Waals surface area (Å²) in [7, 11) is 0. The maximum Gasteiger partial charge on any atom is 0.323 e. The van der Waals surface area contributed by atoms with Crippen LogP contribution < -0.4 is 11.0 Å². The van der Waals surface area contributed by atoms with Crippen molar-refractivity contribution in [3.63, 3.8) is 0 Å². The van der Waals surface area contributed by atoms with Crippen LogP contribution in [-0.4, -0.2) is 16.0 Å². The van der Waals surface area contributed by atoms with E-state index in [-0.39, 0.29) is 5.69 Å². The SMILES string of the molecule is CCC(Nc1cc2[nH]c(=O)[nH]c2cc1Br)C1CC1. The van der Waals surface area contributed by atoms with Crippen molar-refractivity contribution in [2.45, 2.75) is 32.2 Å². The lowest BCUT2D eigenvalue weighted by atomic mass is 10.1. The van der Waals surface area contributed by atoms with Gasteiger partial charge < -0.3 is 15.3 Å². The molecule has 0 saturated heterocycles. The van der Waals surface area contributed by atoms with Crippen molar-refractivity contribution in [1.82, 2.24) is 9.97 Å². The molecular weight excluding hydrogens is 294 g/mol. The third-order valence-electron chi connectivity index (χ3n) is 3.58. The fourth-order valence-electron chi connectivity index (χ4n) is 2.42. The van der Waals surface area contributed by atoms with Crippen LogP contribution in [0.15, 0.2) is 21.4 Å². The van der Waals surface area contributed by atoms with Crippen molar-refractivity contribution < 1.29 is 0 Å². The van der Waals surface area contributed by atoms with Crippen LogP contribution in [0.3, 0.4) is 0 Å². The summed E-state index contributed by atoms with van der Waals surface area (Å²) >= 11 is 3.56. The van der Waals surface area contributed by atoms with Crippen LogP contribution in [0.25, 0.3) is 11.0 Å². The van der Waals surface area contributed by atoms with Gasteiger partial charge in [0.2, 0.25) is 0 Å². The highest BCUT2D eigenvalue weighted by atomic mass is 79.9. The Morgan fingerprint density at radius 2 is 2.06 bits per heavy atom. The van der Waals surface area contributed by atoms with E-state index in [1.165, 1.54) is 12.8 Å². The van der Waals surface area contributed by atoms with E-state index < -0.39 is 0 Å². The van der Waals surface area contributed by atoms with Gasteiger partial charge in [0.15, 0.2) is 0 Å². The molecule has 1 heterocycles. The van der Waals surface area contributed by atoms with Gasteiger partial charge in [-0.15, -0.1) is 0 Å². The molecule has 0 aliphatic heterocycles. The van der Waals surface area contributed by atoms with Crippen molar-refractivity contribution in [1.29, 1.82) is 0 Å². The molecule has 1 atom stereocenters. The second-order valence-corrected chi connectivity index (χ2v) is 5.81. The van der Waals surface area contributed by atoms with Crippen molar-refractivity contribution in [3.05, 3.63) is 27.1 Å². The van der Waals surface area contributed by atoms with Crippen LogP contribution >= 0.6 is 15.9 Å². The molecule has 1 aromatic carbocycles. The molecule has 1 aliphatic carbocycles. The summed E-state index contributed by atoms with van der Waals surface area (Å²) in [5, 5.41) is 3.58. The number of hydrogen-bond donors (Lipinski definition) is 3. The largest absolute Gasteiger partial charge is 0.381 e. The molecule has 0 spiro atoms. The quantitative estimate of drug-likeness (QED) is 0.812. The van der Waals surface area contributed by atoms with Gasteiger partial charge in [0, 0.05) is 10.5 Å². The van der Waals surface area contributed by atoms with Crippen molar-refractivity contribution in [2.24, 2.45) is 5.92 Å². The number of hydrogen-bond acceptors (Lipinski definition) is 2. The lowest BCUT2D eigenvalue weighted by molar-refractivity contribution is 0.616. The molecule has 2 aromatic rings. The fourth-order valence-corrected chi connectivity index (χ4v) is 2.88. The van der Waals surface area contributed by atoms with Crippen molar-refractivity contribution in [2.75, 3.05) is 5.32 Å². The first-order chi connectivity index (χ1) is 8.67. The minimum Gasteiger partial charge on any atom is -0.381 e. The third-order valence-corrected chi connectivity index (χ3v) is 4.23. The van der Waals surface area contributed by atoms with Crippen LogP contribution in [-0.2, 0) is 0 Å². The Kier molecular flexibility index (Phi) is 2.93. The molecular formula is C13H16BrN3O. The summed E-state index contributed by atoms with van der Waals surface area (Å²) in [6.45, 7) is 2.21.